The van der Waals surface area contributed by atoms with Gasteiger partial charge in [-0.2, -0.15) is 28.8 Å². The molecule has 0 aliphatic heterocycles. The quantitative estimate of drug-likeness (QED) is 0.0349. The minimum absolute atomic E-state index is 0.00676. The molecule has 3 aliphatic carbocycles. The van der Waals surface area contributed by atoms with Gasteiger partial charge in [0, 0.05) is 60.7 Å². The molecule has 15 rings (SSSR count). The van der Waals surface area contributed by atoms with Crippen LogP contribution in [0.3, 0.4) is 0 Å². The summed E-state index contributed by atoms with van der Waals surface area (Å²) in [6, 6.07) is 21.4. The third-order valence-electron chi connectivity index (χ3n) is 17.5. The Labute approximate surface area is 605 Å². The van der Waals surface area contributed by atoms with Gasteiger partial charge in [0.2, 0.25) is 0 Å². The lowest BCUT2D eigenvalue weighted by atomic mass is 9.89. The SMILES string of the molecule is CNc1cc(Nc2cccc3ocnc23)nc2c(C(=O)NC3CC[C@@H]3OC)cnn12.CO[C@H]1CCC1NC(=O)c1cnn2c(N(C)C(=O)OC(C)(C)C)cc(Cl)nc12.CO[C@H]1CCC1NC(=O)c1cnn2c(N(C)C(=O)OC(C)(C)C)cc(Nc3cccc4ocnc34)nc12.Nc1cccc2ocnc12. The number of halogens is 1. The summed E-state index contributed by atoms with van der Waals surface area (Å²) in [5.74, 6) is 1.44. The third kappa shape index (κ3) is 16.1. The zero-order valence-electron chi connectivity index (χ0n) is 59.6. The fourth-order valence-corrected chi connectivity index (χ4v) is 11.8. The van der Waals surface area contributed by atoms with Gasteiger partial charge in [-0.1, -0.05) is 29.8 Å². The van der Waals surface area contributed by atoms with Gasteiger partial charge in [-0.3, -0.25) is 24.2 Å². The smallest absolute Gasteiger partial charge is 0.415 e. The van der Waals surface area contributed by atoms with Crippen molar-refractivity contribution in [2.24, 2.45) is 0 Å². The molecule has 35 heteroatoms. The number of nitrogens with one attached hydrogen (secondary N) is 6. The summed E-state index contributed by atoms with van der Waals surface area (Å²) >= 11 is 6.15. The van der Waals surface area contributed by atoms with Crippen LogP contribution in [0.25, 0.3) is 50.2 Å². The number of fused-ring (bicyclic) bond motifs is 6. The van der Waals surface area contributed by atoms with Gasteiger partial charge >= 0.3 is 12.2 Å². The van der Waals surface area contributed by atoms with Gasteiger partial charge in [-0.05, 0) is 116 Å². The summed E-state index contributed by atoms with van der Waals surface area (Å²) in [6.07, 6.45) is 12.7. The summed E-state index contributed by atoms with van der Waals surface area (Å²) in [7, 11) is 9.81. The van der Waals surface area contributed by atoms with E-state index in [0.29, 0.717) is 73.9 Å². The van der Waals surface area contributed by atoms with Gasteiger partial charge in [0.1, 0.15) is 78.7 Å². The topological polar surface area (TPSA) is 405 Å². The monoisotopic (exact) mass is 1460 g/mol. The molecule has 5 amide bonds. The number of rotatable bonds is 16. The van der Waals surface area contributed by atoms with Crippen molar-refractivity contribution in [2.75, 3.05) is 74.0 Å². The highest BCUT2D eigenvalue weighted by molar-refractivity contribution is 6.30. The summed E-state index contributed by atoms with van der Waals surface area (Å²) in [6.45, 7) is 10.7. The number of methoxy groups -OCH3 is 3. The predicted molar refractivity (Wildman–Crippen MR) is 390 cm³/mol. The van der Waals surface area contributed by atoms with E-state index in [1.54, 1.807) is 99.7 Å². The molecule has 0 bridgehead atoms. The van der Waals surface area contributed by atoms with E-state index in [0.717, 1.165) is 55.3 Å². The van der Waals surface area contributed by atoms with E-state index >= 15 is 0 Å². The van der Waals surface area contributed by atoms with Gasteiger partial charge in [0.25, 0.3) is 17.7 Å². The summed E-state index contributed by atoms with van der Waals surface area (Å²) in [5, 5.41) is 31.6. The molecular weight excluding hydrogens is 1380 g/mol. The first-order valence-corrected chi connectivity index (χ1v) is 33.9. The van der Waals surface area contributed by atoms with E-state index in [1.807, 2.05) is 48.5 Å². The Balaban J connectivity index is 0.000000139. The maximum atomic E-state index is 13.2. The van der Waals surface area contributed by atoms with Crippen LogP contribution in [-0.4, -0.2) is 179 Å². The second-order valence-electron chi connectivity index (χ2n) is 26.8. The standard InChI is InChI=1S/C25H29N7O5.C20H21N7O3.C18H24ClN5O4.C7H6N2O/c1-25(2,3)37-24(34)31(4)20-11-19(28-16-7-6-8-18-21(16)26-13-36-18)30-22-14(12-27-32(20)22)23(33)29-15-9-10-17(15)35-5;1-21-17-8-16(24-13-4-3-5-15-18(13)22-10-30-15)26-19-11(9-23-27(17)19)20(28)25-12-6-7-14(12)29-2;1-18(2,3)28-17(26)23(4)14-8-13(19)22-15-10(9-20-24(14)15)16(25)21-11-6-7-12(11)27-5;8-5-2-1-3-6-7(5)9-4-10-6/h6-8,11-13,15,17H,9-10H2,1-5H3,(H,28,30)(H,29,33);3-5,8-10,12,14,21H,6-7H2,1-2H3,(H,24,26)(H,25,28);8-9,11-12H,6-7H2,1-5H3,(H,21,25);1-4H,8H2/t15?,17-;12?,14-;11?,12-;/m000./s1. The van der Waals surface area contributed by atoms with E-state index in [-0.39, 0.29) is 81.7 Å². The minimum Gasteiger partial charge on any atom is -0.443 e. The Morgan fingerprint density at radius 2 is 0.905 bits per heavy atom. The summed E-state index contributed by atoms with van der Waals surface area (Å²) in [5.41, 5.74) is 12.3. The first-order chi connectivity index (χ1) is 50.3. The zero-order chi connectivity index (χ0) is 74.6. The molecule has 550 valence electrons. The van der Waals surface area contributed by atoms with Crippen LogP contribution in [0.5, 0.6) is 0 Å². The number of hydrogen-bond acceptors (Lipinski definition) is 26. The van der Waals surface area contributed by atoms with Crippen LogP contribution in [0.2, 0.25) is 5.15 Å². The van der Waals surface area contributed by atoms with Crippen LogP contribution in [-0.2, 0) is 23.7 Å². The second-order valence-corrected chi connectivity index (χ2v) is 27.2. The molecule has 9 aromatic heterocycles. The fraction of sp³-hybridized carbons (Fsp3) is 0.371. The number of benzene rings is 3. The van der Waals surface area contributed by atoms with E-state index in [2.05, 4.69) is 77.1 Å². The lowest BCUT2D eigenvalue weighted by molar-refractivity contribution is 0.00731. The van der Waals surface area contributed by atoms with Crippen molar-refractivity contribution in [1.29, 1.82) is 0 Å². The fourth-order valence-electron chi connectivity index (χ4n) is 11.6. The number of ether oxygens (including phenoxy) is 5. The van der Waals surface area contributed by atoms with Crippen LogP contribution in [0.15, 0.2) is 124 Å². The largest absolute Gasteiger partial charge is 0.443 e. The molecule has 3 aliphatic rings. The molecule has 0 radical (unpaired) electrons. The molecule has 0 saturated heterocycles. The number of nitrogens with two attached hydrogens (primary N) is 1. The summed E-state index contributed by atoms with van der Waals surface area (Å²) < 4.78 is 47.2. The van der Waals surface area contributed by atoms with Crippen molar-refractivity contribution in [2.45, 2.75) is 128 Å². The number of para-hydroxylation sites is 3. The van der Waals surface area contributed by atoms with Crippen molar-refractivity contribution >= 4 is 138 Å². The molecule has 3 fully saturated rings. The molecule has 0 spiro atoms. The number of hydrogen-bond donors (Lipinski definition) is 7. The number of oxazole rings is 3. The number of carbonyl (C=O) groups is 5. The highest BCUT2D eigenvalue weighted by atomic mass is 35.5. The Kier molecular flexibility index (Phi) is 21.3. The van der Waals surface area contributed by atoms with Crippen LogP contribution in [0, 0.1) is 0 Å². The molecular formula is C70H80ClN21O13. The van der Waals surface area contributed by atoms with Crippen molar-refractivity contribution in [3.05, 3.63) is 132 Å². The molecule has 8 N–H and O–H groups in total. The first kappa shape index (κ1) is 73.0. The van der Waals surface area contributed by atoms with E-state index in [9.17, 15) is 24.0 Å². The lowest BCUT2D eigenvalue weighted by Crippen LogP contribution is -2.51. The summed E-state index contributed by atoms with van der Waals surface area (Å²) in [4.78, 5) is 92.7. The van der Waals surface area contributed by atoms with Crippen molar-refractivity contribution in [3.63, 3.8) is 0 Å². The van der Waals surface area contributed by atoms with Gasteiger partial charge in [0.15, 0.2) is 52.9 Å². The van der Waals surface area contributed by atoms with E-state index in [4.69, 9.17) is 54.3 Å². The molecule has 12 aromatic rings. The molecule has 6 atom stereocenters. The van der Waals surface area contributed by atoms with Crippen LogP contribution >= 0.6 is 11.6 Å². The van der Waals surface area contributed by atoms with Crippen molar-refractivity contribution in [1.82, 2.24) is 74.7 Å². The molecule has 105 heavy (non-hydrogen) atoms. The van der Waals surface area contributed by atoms with Gasteiger partial charge in [-0.25, -0.2) is 39.5 Å². The zero-order valence-corrected chi connectivity index (χ0v) is 60.4. The number of carbonyl (C=O) groups excluding carboxylic acids is 5. The first-order valence-electron chi connectivity index (χ1n) is 33.5. The Morgan fingerprint density at radius 1 is 0.524 bits per heavy atom. The Hall–Kier alpha value is -11.8. The molecule has 34 nitrogen and oxygen atoms in total. The molecule has 3 saturated carbocycles. The Morgan fingerprint density at radius 3 is 1.30 bits per heavy atom. The number of anilines is 8. The predicted octanol–water partition coefficient (Wildman–Crippen LogP) is 10.5. The lowest BCUT2D eigenvalue weighted by Gasteiger charge is -2.35. The van der Waals surface area contributed by atoms with Crippen molar-refractivity contribution < 1.29 is 60.9 Å². The average Bonchev–Trinajstić information content (AvgIpc) is 1.67. The minimum atomic E-state index is -0.697. The second kappa shape index (κ2) is 30.7. The normalized spacial score (nSPS) is 17.5. The number of aromatic nitrogens is 12. The average molecular weight is 1460 g/mol. The van der Waals surface area contributed by atoms with Crippen LogP contribution < -0.4 is 47.4 Å². The molecule has 3 aromatic carbocycles. The number of amides is 5. The van der Waals surface area contributed by atoms with Gasteiger partial charge in [0.05, 0.1) is 72.1 Å². The van der Waals surface area contributed by atoms with E-state index in [1.165, 1.54) is 69.7 Å². The molecule has 9 heterocycles. The third-order valence-corrected chi connectivity index (χ3v) is 17.7. The molecule has 3 unspecified atom stereocenters. The maximum Gasteiger partial charge on any atom is 0.415 e. The number of nitrogens with zero attached hydrogens (tertiary/aromatic N) is 14. The van der Waals surface area contributed by atoms with Crippen LogP contribution in [0.4, 0.5) is 55.7 Å². The van der Waals surface area contributed by atoms with Crippen molar-refractivity contribution in [3.8, 4) is 0 Å². The number of nitrogen functional groups attached to an aromatic ring is 1. The van der Waals surface area contributed by atoms with Gasteiger partial charge in [-0.15, -0.1) is 0 Å². The van der Waals surface area contributed by atoms with E-state index < -0.39 is 23.4 Å². The Bertz CT molecular complexity index is 5160. The highest BCUT2D eigenvalue weighted by Crippen LogP contribution is 2.33. The highest BCUT2D eigenvalue weighted by Gasteiger charge is 2.37. The van der Waals surface area contributed by atoms with Crippen LogP contribution in [0.1, 0.15) is 111 Å². The van der Waals surface area contributed by atoms with Gasteiger partial charge < -0.3 is 74.6 Å². The maximum absolute atomic E-state index is 13.2.